The highest BCUT2D eigenvalue weighted by molar-refractivity contribution is 5.93. The Labute approximate surface area is 151 Å². The summed E-state index contributed by atoms with van der Waals surface area (Å²) in [6, 6.07) is 18.2. The van der Waals surface area contributed by atoms with Gasteiger partial charge in [0.05, 0.1) is 18.2 Å². The van der Waals surface area contributed by atoms with E-state index in [0.717, 1.165) is 10.8 Å². The molecular formula is C22H16O4. The first kappa shape index (κ1) is 17.2. The zero-order chi connectivity index (χ0) is 18.5. The molecule has 3 aromatic carbocycles. The van der Waals surface area contributed by atoms with E-state index < -0.39 is 11.9 Å². The molecule has 4 heteroatoms. The highest BCUT2D eigenvalue weighted by atomic mass is 16.5. The molecule has 3 aromatic rings. The maximum atomic E-state index is 11.9. The number of benzene rings is 3. The van der Waals surface area contributed by atoms with Crippen LogP contribution in [0.2, 0.25) is 0 Å². The summed E-state index contributed by atoms with van der Waals surface area (Å²) in [7, 11) is 1.33. The second kappa shape index (κ2) is 7.54. The fraction of sp³-hybridized carbons (Fsp3) is 0.0909. The Morgan fingerprint density at radius 2 is 1.62 bits per heavy atom. The third-order valence-corrected chi connectivity index (χ3v) is 3.80. The van der Waals surface area contributed by atoms with Gasteiger partial charge in [0, 0.05) is 17.9 Å². The van der Waals surface area contributed by atoms with Crippen molar-refractivity contribution < 1.29 is 19.1 Å². The van der Waals surface area contributed by atoms with Gasteiger partial charge in [0.25, 0.3) is 0 Å². The van der Waals surface area contributed by atoms with Crippen molar-refractivity contribution in [1.82, 2.24) is 0 Å². The molecule has 0 saturated carbocycles. The summed E-state index contributed by atoms with van der Waals surface area (Å²) in [5.74, 6) is 5.59. The number of rotatable bonds is 2. The molecular weight excluding hydrogens is 328 g/mol. The molecule has 0 aliphatic carbocycles. The summed E-state index contributed by atoms with van der Waals surface area (Å²) >= 11 is 0. The summed E-state index contributed by atoms with van der Waals surface area (Å²) in [5.41, 5.74) is 1.52. The van der Waals surface area contributed by atoms with Crippen molar-refractivity contribution in [1.29, 1.82) is 0 Å². The van der Waals surface area contributed by atoms with Crippen LogP contribution in [0, 0.1) is 11.8 Å². The van der Waals surface area contributed by atoms with Gasteiger partial charge in [-0.1, -0.05) is 54.3 Å². The van der Waals surface area contributed by atoms with Crippen molar-refractivity contribution in [3.05, 3.63) is 77.4 Å². The Morgan fingerprint density at radius 3 is 2.38 bits per heavy atom. The van der Waals surface area contributed by atoms with Crippen molar-refractivity contribution >= 4 is 22.7 Å². The van der Waals surface area contributed by atoms with E-state index in [2.05, 4.69) is 11.8 Å². The SMILES string of the molecule is COC(=O)c1ccccc1C#Cc1c(OC(C)=O)ccc2ccccc12. The third-order valence-electron chi connectivity index (χ3n) is 3.80. The minimum atomic E-state index is -0.451. The van der Waals surface area contributed by atoms with Gasteiger partial charge in [-0.15, -0.1) is 0 Å². The number of esters is 2. The second-order valence-electron chi connectivity index (χ2n) is 5.54. The van der Waals surface area contributed by atoms with Crippen LogP contribution in [-0.2, 0) is 9.53 Å². The molecule has 0 spiro atoms. The predicted molar refractivity (Wildman–Crippen MR) is 99.0 cm³/mol. The van der Waals surface area contributed by atoms with E-state index in [-0.39, 0.29) is 0 Å². The van der Waals surface area contributed by atoms with Crippen LogP contribution < -0.4 is 4.74 Å². The van der Waals surface area contributed by atoms with Crippen LogP contribution in [0.1, 0.15) is 28.4 Å². The molecule has 0 fully saturated rings. The molecule has 4 nitrogen and oxygen atoms in total. The normalized spacial score (nSPS) is 9.92. The lowest BCUT2D eigenvalue weighted by molar-refractivity contribution is -0.131. The molecule has 0 aromatic heterocycles. The number of methoxy groups -OCH3 is 1. The summed E-state index contributed by atoms with van der Waals surface area (Å²) in [6.07, 6.45) is 0. The first-order valence-corrected chi connectivity index (χ1v) is 7.99. The monoisotopic (exact) mass is 344 g/mol. The summed E-state index contributed by atoms with van der Waals surface area (Å²) in [6.45, 7) is 1.35. The van der Waals surface area contributed by atoms with Crippen molar-refractivity contribution in [2.45, 2.75) is 6.92 Å². The van der Waals surface area contributed by atoms with Gasteiger partial charge in [0.1, 0.15) is 5.75 Å². The summed E-state index contributed by atoms with van der Waals surface area (Å²) in [5, 5.41) is 1.85. The lowest BCUT2D eigenvalue weighted by atomic mass is 10.0. The van der Waals surface area contributed by atoms with Crippen LogP contribution in [0.25, 0.3) is 10.8 Å². The molecule has 0 heterocycles. The zero-order valence-electron chi connectivity index (χ0n) is 14.4. The number of fused-ring (bicyclic) bond motifs is 1. The average molecular weight is 344 g/mol. The molecule has 0 aliphatic rings. The Balaban J connectivity index is 2.17. The minimum absolute atomic E-state index is 0.386. The molecule has 0 atom stereocenters. The number of hydrogen-bond acceptors (Lipinski definition) is 4. The Bertz CT molecular complexity index is 1050. The lowest BCUT2D eigenvalue weighted by Crippen LogP contribution is -2.04. The van der Waals surface area contributed by atoms with Gasteiger partial charge in [-0.05, 0) is 23.6 Å². The largest absolute Gasteiger partial charge is 0.465 e. The van der Waals surface area contributed by atoms with Gasteiger partial charge in [0.2, 0.25) is 0 Å². The van der Waals surface area contributed by atoms with E-state index >= 15 is 0 Å². The smallest absolute Gasteiger partial charge is 0.339 e. The highest BCUT2D eigenvalue weighted by Gasteiger charge is 2.11. The van der Waals surface area contributed by atoms with Gasteiger partial charge >= 0.3 is 11.9 Å². The van der Waals surface area contributed by atoms with E-state index in [1.807, 2.05) is 30.3 Å². The van der Waals surface area contributed by atoms with Crippen LogP contribution in [0.3, 0.4) is 0 Å². The Hall–Kier alpha value is -3.58. The van der Waals surface area contributed by atoms with Gasteiger partial charge < -0.3 is 9.47 Å². The third kappa shape index (κ3) is 3.57. The fourth-order valence-electron chi connectivity index (χ4n) is 2.63. The van der Waals surface area contributed by atoms with Gasteiger partial charge in [-0.2, -0.15) is 0 Å². The van der Waals surface area contributed by atoms with E-state index in [4.69, 9.17) is 9.47 Å². The molecule has 0 bridgehead atoms. The maximum absolute atomic E-state index is 11.9. The molecule has 0 aliphatic heterocycles. The van der Waals surface area contributed by atoms with Crippen LogP contribution in [0.4, 0.5) is 0 Å². The molecule has 128 valence electrons. The first-order valence-electron chi connectivity index (χ1n) is 7.99. The average Bonchev–Trinajstić information content (AvgIpc) is 2.66. The van der Waals surface area contributed by atoms with Gasteiger partial charge in [-0.3, -0.25) is 4.79 Å². The van der Waals surface area contributed by atoms with Crippen LogP contribution in [0.5, 0.6) is 5.75 Å². The molecule has 3 rings (SSSR count). The number of carbonyl (C=O) groups excluding carboxylic acids is 2. The Kier molecular flexibility index (Phi) is 5.00. The summed E-state index contributed by atoms with van der Waals surface area (Å²) < 4.78 is 10.1. The van der Waals surface area contributed by atoms with Crippen LogP contribution in [-0.4, -0.2) is 19.0 Å². The molecule has 0 saturated heterocycles. The topological polar surface area (TPSA) is 52.6 Å². The molecule has 26 heavy (non-hydrogen) atoms. The molecule has 0 N–H and O–H groups in total. The predicted octanol–water partition coefficient (Wildman–Crippen LogP) is 3.95. The molecule has 0 unspecified atom stereocenters. The lowest BCUT2D eigenvalue weighted by Gasteiger charge is -2.08. The Morgan fingerprint density at radius 1 is 0.885 bits per heavy atom. The van der Waals surface area contributed by atoms with E-state index in [1.165, 1.54) is 14.0 Å². The van der Waals surface area contributed by atoms with Crippen molar-refractivity contribution in [3.8, 4) is 17.6 Å². The van der Waals surface area contributed by atoms with Crippen molar-refractivity contribution in [3.63, 3.8) is 0 Å². The van der Waals surface area contributed by atoms with E-state index in [1.54, 1.807) is 30.3 Å². The molecule has 0 amide bonds. The van der Waals surface area contributed by atoms with Crippen LogP contribution >= 0.6 is 0 Å². The van der Waals surface area contributed by atoms with Crippen molar-refractivity contribution in [2.24, 2.45) is 0 Å². The fourth-order valence-corrected chi connectivity index (χ4v) is 2.63. The number of ether oxygens (including phenoxy) is 2. The first-order chi connectivity index (χ1) is 12.6. The standard InChI is InChI=1S/C22H16O4/c1-15(23)26-21-14-12-16-7-3-5-9-18(16)20(21)13-11-17-8-4-6-10-19(17)22(24)25-2/h3-10,12,14H,1-2H3. The van der Waals surface area contributed by atoms with Gasteiger partial charge in [0.15, 0.2) is 0 Å². The quantitative estimate of drug-likeness (QED) is 0.401. The summed E-state index contributed by atoms with van der Waals surface area (Å²) in [4.78, 5) is 23.3. The van der Waals surface area contributed by atoms with E-state index in [0.29, 0.717) is 22.4 Å². The number of hydrogen-bond donors (Lipinski definition) is 0. The minimum Gasteiger partial charge on any atom is -0.465 e. The number of carbonyl (C=O) groups is 2. The van der Waals surface area contributed by atoms with Crippen molar-refractivity contribution in [2.75, 3.05) is 7.11 Å². The maximum Gasteiger partial charge on any atom is 0.339 e. The second-order valence-corrected chi connectivity index (χ2v) is 5.54. The van der Waals surface area contributed by atoms with E-state index in [9.17, 15) is 9.59 Å². The zero-order valence-corrected chi connectivity index (χ0v) is 14.4. The van der Waals surface area contributed by atoms with Crippen LogP contribution in [0.15, 0.2) is 60.7 Å². The van der Waals surface area contributed by atoms with Gasteiger partial charge in [-0.25, -0.2) is 4.79 Å². The molecule has 0 radical (unpaired) electrons. The highest BCUT2D eigenvalue weighted by Crippen LogP contribution is 2.27.